The van der Waals surface area contributed by atoms with E-state index in [4.69, 9.17) is 0 Å². The molecule has 1 nitrogen and oxygen atoms in total. The lowest BCUT2D eigenvalue weighted by Crippen LogP contribution is -1.91. The number of hydrogen-bond donors (Lipinski definition) is 0. The maximum atomic E-state index is 13.0. The molecule has 0 aliphatic heterocycles. The zero-order valence-electron chi connectivity index (χ0n) is 10.9. The van der Waals surface area contributed by atoms with Crippen molar-refractivity contribution in [3.05, 3.63) is 76.1 Å². The normalized spacial score (nSPS) is 10.6. The van der Waals surface area contributed by atoms with Crippen LogP contribution in [0.15, 0.2) is 60.9 Å². The Bertz CT molecular complexity index is 704. The highest BCUT2D eigenvalue weighted by Gasteiger charge is 2.10. The van der Waals surface area contributed by atoms with Gasteiger partial charge in [-0.15, -0.1) is 0 Å². The molecule has 0 aliphatic rings. The van der Waals surface area contributed by atoms with Crippen LogP contribution < -0.4 is 0 Å². The second-order valence-electron chi connectivity index (χ2n) is 4.56. The quantitative estimate of drug-likeness (QED) is 0.539. The van der Waals surface area contributed by atoms with E-state index in [0.717, 1.165) is 25.8 Å². The van der Waals surface area contributed by atoms with E-state index in [9.17, 15) is 8.78 Å². The summed E-state index contributed by atoms with van der Waals surface area (Å²) < 4.78 is 27.1. The molecule has 3 rings (SSSR count). The Labute approximate surface area is 134 Å². The van der Waals surface area contributed by atoms with Crippen molar-refractivity contribution in [3.8, 4) is 22.3 Å². The van der Waals surface area contributed by atoms with Gasteiger partial charge in [-0.3, -0.25) is 4.98 Å². The van der Waals surface area contributed by atoms with E-state index in [1.807, 2.05) is 0 Å². The lowest BCUT2D eigenvalue weighted by molar-refractivity contribution is 0.627. The summed E-state index contributed by atoms with van der Waals surface area (Å²) in [5.41, 5.74) is 3.66. The molecular formula is C17H10F2IN. The summed E-state index contributed by atoms with van der Waals surface area (Å²) in [5.74, 6) is -0.534. The molecule has 0 bridgehead atoms. The van der Waals surface area contributed by atoms with Crippen molar-refractivity contribution in [1.82, 2.24) is 4.98 Å². The molecule has 0 saturated carbocycles. The summed E-state index contributed by atoms with van der Waals surface area (Å²) in [6.45, 7) is 0. The molecule has 0 saturated heterocycles. The number of nitrogens with zero attached hydrogens (tertiary/aromatic N) is 1. The fraction of sp³-hybridized carbons (Fsp3) is 0. The molecule has 0 unspecified atom stereocenters. The summed E-state index contributed by atoms with van der Waals surface area (Å²) in [4.78, 5) is 4.25. The standard InChI is InChI=1S/C17H10F2IN/c18-13-5-1-11(2-6-13)15-9-21-10-16(17(15)20)12-3-7-14(19)8-4-12/h1-10H. The van der Waals surface area contributed by atoms with Gasteiger partial charge in [-0.2, -0.15) is 0 Å². The highest BCUT2D eigenvalue weighted by atomic mass is 127. The minimum absolute atomic E-state index is 0.267. The summed E-state index contributed by atoms with van der Waals surface area (Å²) >= 11 is 2.24. The summed E-state index contributed by atoms with van der Waals surface area (Å²) in [5, 5.41) is 0. The van der Waals surface area contributed by atoms with Crippen LogP contribution in [0.2, 0.25) is 0 Å². The smallest absolute Gasteiger partial charge is 0.123 e. The fourth-order valence-corrected chi connectivity index (χ4v) is 3.01. The first kappa shape index (κ1) is 14.1. The fourth-order valence-electron chi connectivity index (χ4n) is 2.11. The van der Waals surface area contributed by atoms with E-state index in [1.54, 1.807) is 36.7 Å². The number of rotatable bonds is 2. The van der Waals surface area contributed by atoms with E-state index < -0.39 is 0 Å². The monoisotopic (exact) mass is 393 g/mol. The van der Waals surface area contributed by atoms with Gasteiger partial charge < -0.3 is 0 Å². The van der Waals surface area contributed by atoms with Crippen molar-refractivity contribution in [2.45, 2.75) is 0 Å². The Morgan fingerprint density at radius 1 is 0.667 bits per heavy atom. The molecule has 4 heteroatoms. The molecule has 1 aromatic heterocycles. The largest absolute Gasteiger partial charge is 0.263 e. The van der Waals surface area contributed by atoms with Crippen LogP contribution in [0.25, 0.3) is 22.3 Å². The highest BCUT2D eigenvalue weighted by Crippen LogP contribution is 2.32. The first-order valence-electron chi connectivity index (χ1n) is 6.30. The number of hydrogen-bond acceptors (Lipinski definition) is 1. The van der Waals surface area contributed by atoms with Gasteiger partial charge in [0, 0.05) is 27.1 Å². The van der Waals surface area contributed by atoms with Gasteiger partial charge in [0.25, 0.3) is 0 Å². The molecule has 0 N–H and O–H groups in total. The van der Waals surface area contributed by atoms with Crippen LogP contribution in [0.4, 0.5) is 8.78 Å². The molecule has 21 heavy (non-hydrogen) atoms. The average molecular weight is 393 g/mol. The summed E-state index contributed by atoms with van der Waals surface area (Å²) in [6.07, 6.45) is 3.50. The van der Waals surface area contributed by atoms with Gasteiger partial charge in [0.15, 0.2) is 0 Å². The summed E-state index contributed by atoms with van der Waals surface area (Å²) in [6, 6.07) is 12.6. The molecule has 0 aliphatic carbocycles. The third kappa shape index (κ3) is 2.95. The average Bonchev–Trinajstić information content (AvgIpc) is 2.50. The van der Waals surface area contributed by atoms with Crippen LogP contribution in [0.5, 0.6) is 0 Å². The van der Waals surface area contributed by atoms with E-state index in [-0.39, 0.29) is 11.6 Å². The van der Waals surface area contributed by atoms with E-state index in [2.05, 4.69) is 27.6 Å². The van der Waals surface area contributed by atoms with E-state index >= 15 is 0 Å². The lowest BCUT2D eigenvalue weighted by Gasteiger charge is -2.10. The molecule has 0 spiro atoms. The molecule has 0 radical (unpaired) electrons. The molecular weight excluding hydrogens is 383 g/mol. The lowest BCUT2D eigenvalue weighted by atomic mass is 10.0. The van der Waals surface area contributed by atoms with E-state index in [0.29, 0.717) is 0 Å². The second kappa shape index (κ2) is 5.89. The Morgan fingerprint density at radius 3 is 1.43 bits per heavy atom. The van der Waals surface area contributed by atoms with Crippen molar-refractivity contribution in [2.75, 3.05) is 0 Å². The predicted molar refractivity (Wildman–Crippen MR) is 87.7 cm³/mol. The van der Waals surface area contributed by atoms with Gasteiger partial charge in [0.1, 0.15) is 11.6 Å². The topological polar surface area (TPSA) is 12.9 Å². The molecule has 0 fully saturated rings. The van der Waals surface area contributed by atoms with Gasteiger partial charge in [0.05, 0.1) is 0 Å². The van der Waals surface area contributed by atoms with Crippen LogP contribution in [0, 0.1) is 15.2 Å². The minimum atomic E-state index is -0.267. The molecule has 0 atom stereocenters. The van der Waals surface area contributed by atoms with E-state index in [1.165, 1.54) is 24.3 Å². The first-order valence-corrected chi connectivity index (χ1v) is 7.38. The molecule has 2 aromatic carbocycles. The van der Waals surface area contributed by atoms with Gasteiger partial charge >= 0.3 is 0 Å². The molecule has 1 heterocycles. The number of pyridine rings is 1. The third-order valence-electron chi connectivity index (χ3n) is 3.19. The minimum Gasteiger partial charge on any atom is -0.263 e. The van der Waals surface area contributed by atoms with Crippen molar-refractivity contribution in [1.29, 1.82) is 0 Å². The van der Waals surface area contributed by atoms with Crippen molar-refractivity contribution in [2.24, 2.45) is 0 Å². The van der Waals surface area contributed by atoms with Crippen LogP contribution in [0.3, 0.4) is 0 Å². The zero-order valence-corrected chi connectivity index (χ0v) is 13.0. The molecule has 3 aromatic rings. The zero-order chi connectivity index (χ0) is 14.8. The number of aromatic nitrogens is 1. The highest BCUT2D eigenvalue weighted by molar-refractivity contribution is 14.1. The Kier molecular flexibility index (Phi) is 3.96. The van der Waals surface area contributed by atoms with Crippen molar-refractivity contribution < 1.29 is 8.78 Å². The second-order valence-corrected chi connectivity index (χ2v) is 5.64. The predicted octanol–water partition coefficient (Wildman–Crippen LogP) is 5.30. The van der Waals surface area contributed by atoms with Crippen molar-refractivity contribution >= 4 is 22.6 Å². The van der Waals surface area contributed by atoms with Crippen LogP contribution in [-0.2, 0) is 0 Å². The number of halogens is 3. The Morgan fingerprint density at radius 2 is 1.05 bits per heavy atom. The van der Waals surface area contributed by atoms with Gasteiger partial charge in [-0.25, -0.2) is 8.78 Å². The van der Waals surface area contributed by atoms with Crippen molar-refractivity contribution in [3.63, 3.8) is 0 Å². The summed E-state index contributed by atoms with van der Waals surface area (Å²) in [7, 11) is 0. The molecule has 0 amide bonds. The van der Waals surface area contributed by atoms with Gasteiger partial charge in [0.2, 0.25) is 0 Å². The van der Waals surface area contributed by atoms with Gasteiger partial charge in [-0.1, -0.05) is 24.3 Å². The Balaban J connectivity index is 2.10. The van der Waals surface area contributed by atoms with Gasteiger partial charge in [-0.05, 0) is 58.0 Å². The molecule has 104 valence electrons. The van der Waals surface area contributed by atoms with Crippen LogP contribution in [-0.4, -0.2) is 4.98 Å². The SMILES string of the molecule is Fc1ccc(-c2cncc(-c3ccc(F)cc3)c2I)cc1. The van der Waals surface area contributed by atoms with Crippen LogP contribution in [0.1, 0.15) is 0 Å². The van der Waals surface area contributed by atoms with Crippen LogP contribution >= 0.6 is 22.6 Å². The third-order valence-corrected chi connectivity index (χ3v) is 4.35. The number of benzene rings is 2. The first-order chi connectivity index (χ1) is 10.1. The maximum absolute atomic E-state index is 13.0. The Hall–Kier alpha value is -1.82. The maximum Gasteiger partial charge on any atom is 0.123 e.